The van der Waals surface area contributed by atoms with Gasteiger partial charge in [0.25, 0.3) is 5.91 Å². The minimum atomic E-state index is -0.128. The minimum absolute atomic E-state index is 0.128. The Balaban J connectivity index is 1.88. The van der Waals surface area contributed by atoms with Crippen LogP contribution in [0.2, 0.25) is 0 Å². The van der Waals surface area contributed by atoms with E-state index < -0.39 is 0 Å². The molecule has 0 bridgehead atoms. The smallest absolute Gasteiger partial charge is 0.259 e. The van der Waals surface area contributed by atoms with Crippen molar-refractivity contribution in [2.75, 3.05) is 5.32 Å². The van der Waals surface area contributed by atoms with E-state index in [1.54, 1.807) is 6.07 Å². The Bertz CT molecular complexity index is 607. The molecule has 19 heavy (non-hydrogen) atoms. The first kappa shape index (κ1) is 11.8. The van der Waals surface area contributed by atoms with Gasteiger partial charge in [0.2, 0.25) is 0 Å². The summed E-state index contributed by atoms with van der Waals surface area (Å²) in [5.74, 6) is 0.598. The van der Waals surface area contributed by atoms with Gasteiger partial charge in [0.1, 0.15) is 11.9 Å². The lowest BCUT2D eigenvalue weighted by Crippen LogP contribution is -2.13. The molecule has 1 amide bonds. The van der Waals surface area contributed by atoms with Gasteiger partial charge in [-0.05, 0) is 30.7 Å². The molecular weight excluding hydrogens is 238 g/mol. The Labute approximate surface area is 112 Å². The Morgan fingerprint density at radius 1 is 1.16 bits per heavy atom. The first-order valence-electron chi connectivity index (χ1n) is 6.39. The van der Waals surface area contributed by atoms with Gasteiger partial charge < -0.3 is 10.1 Å². The highest BCUT2D eigenvalue weighted by molar-refractivity contribution is 6.06. The molecule has 0 saturated carbocycles. The van der Waals surface area contributed by atoms with Crippen LogP contribution in [0.5, 0.6) is 5.75 Å². The van der Waals surface area contributed by atoms with E-state index in [0.717, 1.165) is 23.4 Å². The van der Waals surface area contributed by atoms with Crippen LogP contribution in [0.15, 0.2) is 48.5 Å². The quantitative estimate of drug-likeness (QED) is 0.892. The number of anilines is 1. The third-order valence-electron chi connectivity index (χ3n) is 3.20. The van der Waals surface area contributed by atoms with E-state index in [0.29, 0.717) is 5.56 Å². The van der Waals surface area contributed by atoms with Crippen LogP contribution in [0.25, 0.3) is 0 Å². The zero-order valence-corrected chi connectivity index (χ0v) is 10.7. The van der Waals surface area contributed by atoms with Crippen LogP contribution < -0.4 is 10.1 Å². The van der Waals surface area contributed by atoms with Crippen molar-refractivity contribution in [3.8, 4) is 5.75 Å². The first-order chi connectivity index (χ1) is 9.24. The van der Waals surface area contributed by atoms with Crippen LogP contribution in [0, 0.1) is 0 Å². The van der Waals surface area contributed by atoms with Crippen molar-refractivity contribution in [3.05, 3.63) is 59.7 Å². The molecule has 1 atom stereocenters. The maximum absolute atomic E-state index is 12.3. The molecule has 3 nitrogen and oxygen atoms in total. The Morgan fingerprint density at radius 2 is 1.95 bits per heavy atom. The summed E-state index contributed by atoms with van der Waals surface area (Å²) in [4.78, 5) is 12.3. The number of benzene rings is 2. The zero-order chi connectivity index (χ0) is 13.2. The van der Waals surface area contributed by atoms with E-state index in [1.165, 1.54) is 0 Å². The highest BCUT2D eigenvalue weighted by Crippen LogP contribution is 2.32. The third-order valence-corrected chi connectivity index (χ3v) is 3.20. The highest BCUT2D eigenvalue weighted by atomic mass is 16.5. The summed E-state index contributed by atoms with van der Waals surface area (Å²) >= 11 is 0. The second-order valence-electron chi connectivity index (χ2n) is 4.75. The lowest BCUT2D eigenvalue weighted by atomic mass is 10.1. The van der Waals surface area contributed by atoms with E-state index in [2.05, 4.69) is 5.32 Å². The fraction of sp³-hybridized carbons (Fsp3) is 0.188. The summed E-state index contributed by atoms with van der Waals surface area (Å²) in [6, 6.07) is 15.1. The van der Waals surface area contributed by atoms with Crippen molar-refractivity contribution in [1.29, 1.82) is 0 Å². The molecule has 0 aliphatic carbocycles. The molecule has 0 aromatic heterocycles. The number of fused-ring (bicyclic) bond motifs is 1. The molecular formula is C16H15NO2. The van der Waals surface area contributed by atoms with Gasteiger partial charge in [0.15, 0.2) is 0 Å². The Kier molecular flexibility index (Phi) is 2.95. The molecule has 0 spiro atoms. The fourth-order valence-electron chi connectivity index (χ4n) is 2.34. The number of hydrogen-bond acceptors (Lipinski definition) is 2. The van der Waals surface area contributed by atoms with Crippen LogP contribution in [0.1, 0.15) is 22.8 Å². The number of nitrogens with one attached hydrogen (secondary N) is 1. The predicted octanol–water partition coefficient (Wildman–Crippen LogP) is 3.26. The molecule has 0 fully saturated rings. The van der Waals surface area contributed by atoms with E-state index in [-0.39, 0.29) is 12.0 Å². The molecule has 96 valence electrons. The predicted molar refractivity (Wildman–Crippen MR) is 74.6 cm³/mol. The van der Waals surface area contributed by atoms with Gasteiger partial charge in [-0.1, -0.05) is 30.3 Å². The average Bonchev–Trinajstić information content (AvgIpc) is 2.79. The van der Waals surface area contributed by atoms with Gasteiger partial charge in [-0.3, -0.25) is 4.79 Å². The molecule has 3 rings (SSSR count). The normalized spacial score (nSPS) is 16.6. The third kappa shape index (κ3) is 2.32. The number of carbonyl (C=O) groups excluding carboxylic acids is 1. The Hall–Kier alpha value is -2.29. The number of amides is 1. The maximum Gasteiger partial charge on any atom is 0.259 e. The van der Waals surface area contributed by atoms with E-state index in [1.807, 2.05) is 49.4 Å². The van der Waals surface area contributed by atoms with E-state index >= 15 is 0 Å². The fourth-order valence-corrected chi connectivity index (χ4v) is 2.34. The maximum atomic E-state index is 12.3. The van der Waals surface area contributed by atoms with Crippen molar-refractivity contribution < 1.29 is 9.53 Å². The summed E-state index contributed by atoms with van der Waals surface area (Å²) in [6.45, 7) is 2.01. The molecule has 1 unspecified atom stereocenters. The summed E-state index contributed by atoms with van der Waals surface area (Å²) < 4.78 is 5.74. The number of hydrogen-bond donors (Lipinski definition) is 1. The van der Waals surface area contributed by atoms with Crippen LogP contribution in [0.3, 0.4) is 0 Å². The monoisotopic (exact) mass is 253 g/mol. The van der Waals surface area contributed by atoms with E-state index in [4.69, 9.17) is 4.74 Å². The van der Waals surface area contributed by atoms with Crippen molar-refractivity contribution in [3.63, 3.8) is 0 Å². The zero-order valence-electron chi connectivity index (χ0n) is 10.7. The van der Waals surface area contributed by atoms with Gasteiger partial charge in [0, 0.05) is 12.1 Å². The lowest BCUT2D eigenvalue weighted by Gasteiger charge is -2.10. The van der Waals surface area contributed by atoms with Crippen molar-refractivity contribution in [2.45, 2.75) is 19.4 Å². The van der Waals surface area contributed by atoms with Crippen molar-refractivity contribution in [2.24, 2.45) is 0 Å². The molecule has 1 aliphatic rings. The number of para-hydroxylation sites is 2. The molecule has 1 N–H and O–H groups in total. The number of carbonyl (C=O) groups is 1. The van der Waals surface area contributed by atoms with Gasteiger partial charge >= 0.3 is 0 Å². The molecule has 2 aromatic carbocycles. The average molecular weight is 253 g/mol. The second kappa shape index (κ2) is 4.76. The number of ether oxygens (including phenoxy) is 1. The second-order valence-corrected chi connectivity index (χ2v) is 4.75. The molecule has 1 aliphatic heterocycles. The standard InChI is InChI=1S/C16H15NO2/c1-11-10-12-6-5-9-14(15(12)19-11)16(18)17-13-7-3-2-4-8-13/h2-9,11H,10H2,1H3,(H,17,18). The topological polar surface area (TPSA) is 38.3 Å². The minimum Gasteiger partial charge on any atom is -0.489 e. The molecule has 3 heteroatoms. The van der Waals surface area contributed by atoms with Crippen LogP contribution >= 0.6 is 0 Å². The molecule has 1 heterocycles. The summed E-state index contributed by atoms with van der Waals surface area (Å²) in [7, 11) is 0. The summed E-state index contributed by atoms with van der Waals surface area (Å²) in [5.41, 5.74) is 2.50. The van der Waals surface area contributed by atoms with Gasteiger partial charge in [0.05, 0.1) is 5.56 Å². The Morgan fingerprint density at radius 3 is 2.74 bits per heavy atom. The molecule has 0 radical (unpaired) electrons. The molecule has 0 saturated heterocycles. The van der Waals surface area contributed by atoms with Crippen molar-refractivity contribution in [1.82, 2.24) is 0 Å². The van der Waals surface area contributed by atoms with E-state index in [9.17, 15) is 4.79 Å². The summed E-state index contributed by atoms with van der Waals surface area (Å²) in [5, 5.41) is 2.88. The van der Waals surface area contributed by atoms with Gasteiger partial charge in [-0.25, -0.2) is 0 Å². The largest absolute Gasteiger partial charge is 0.489 e. The van der Waals surface area contributed by atoms with Gasteiger partial charge in [-0.15, -0.1) is 0 Å². The molecule has 2 aromatic rings. The lowest BCUT2D eigenvalue weighted by molar-refractivity contribution is 0.102. The van der Waals surface area contributed by atoms with Crippen LogP contribution in [-0.2, 0) is 6.42 Å². The summed E-state index contributed by atoms with van der Waals surface area (Å²) in [6.07, 6.45) is 1.00. The van der Waals surface area contributed by atoms with Crippen LogP contribution in [0.4, 0.5) is 5.69 Å². The SMILES string of the molecule is CC1Cc2cccc(C(=O)Nc3ccccc3)c2O1. The number of rotatable bonds is 2. The van der Waals surface area contributed by atoms with Crippen molar-refractivity contribution >= 4 is 11.6 Å². The van der Waals surface area contributed by atoms with Gasteiger partial charge in [-0.2, -0.15) is 0 Å². The first-order valence-corrected chi connectivity index (χ1v) is 6.39. The van der Waals surface area contributed by atoms with Crippen LogP contribution in [-0.4, -0.2) is 12.0 Å². The highest BCUT2D eigenvalue weighted by Gasteiger charge is 2.24.